The highest BCUT2D eigenvalue weighted by atomic mass is 19.3. The topological polar surface area (TPSA) is 77.7 Å². The lowest BCUT2D eigenvalue weighted by Gasteiger charge is -2.32. The summed E-state index contributed by atoms with van der Waals surface area (Å²) in [7, 11) is 1.53. The molecule has 1 fully saturated rings. The van der Waals surface area contributed by atoms with Gasteiger partial charge in [-0.05, 0) is 38.0 Å². The largest absolute Gasteiger partial charge is 0.493 e. The molecule has 9 heteroatoms. The molecule has 0 unspecified atom stereocenters. The minimum Gasteiger partial charge on any atom is -0.493 e. The van der Waals surface area contributed by atoms with E-state index in [1.807, 2.05) is 6.07 Å². The molecule has 2 aromatic heterocycles. The van der Waals surface area contributed by atoms with Crippen molar-refractivity contribution >= 4 is 17.0 Å². The highest BCUT2D eigenvalue weighted by molar-refractivity contribution is 5.80. The van der Waals surface area contributed by atoms with Crippen LogP contribution in [-0.4, -0.2) is 47.8 Å². The SMILES string of the molecule is COc1ccccc1OCC(=O)N1CCC[C@H](c2cc(C(F)F)c3c(C)noc3n2)C1. The average molecular weight is 431 g/mol. The molecule has 3 aromatic rings. The van der Waals surface area contributed by atoms with Gasteiger partial charge in [0.25, 0.3) is 18.0 Å². The van der Waals surface area contributed by atoms with E-state index in [2.05, 4.69) is 10.1 Å². The Labute approximate surface area is 177 Å². The van der Waals surface area contributed by atoms with Gasteiger partial charge in [-0.25, -0.2) is 13.8 Å². The molecule has 0 radical (unpaired) electrons. The Morgan fingerprint density at radius 1 is 1.32 bits per heavy atom. The number of carbonyl (C=O) groups excluding carboxylic acids is 1. The second-order valence-corrected chi connectivity index (χ2v) is 7.50. The number of pyridine rings is 1. The number of hydrogen-bond acceptors (Lipinski definition) is 6. The van der Waals surface area contributed by atoms with Crippen LogP contribution in [0, 0.1) is 6.92 Å². The van der Waals surface area contributed by atoms with E-state index < -0.39 is 6.43 Å². The van der Waals surface area contributed by atoms with E-state index in [4.69, 9.17) is 14.0 Å². The van der Waals surface area contributed by atoms with Crippen molar-refractivity contribution < 1.29 is 27.6 Å². The first-order valence-electron chi connectivity index (χ1n) is 10.1. The number of halogens is 2. The molecule has 1 aromatic carbocycles. The number of rotatable bonds is 6. The lowest BCUT2D eigenvalue weighted by Crippen LogP contribution is -2.41. The van der Waals surface area contributed by atoms with Gasteiger partial charge in [0.15, 0.2) is 18.1 Å². The van der Waals surface area contributed by atoms with Crippen LogP contribution in [-0.2, 0) is 4.79 Å². The molecule has 3 heterocycles. The lowest BCUT2D eigenvalue weighted by atomic mass is 9.93. The van der Waals surface area contributed by atoms with Crippen molar-refractivity contribution in [2.75, 3.05) is 26.8 Å². The van der Waals surface area contributed by atoms with Crippen molar-refractivity contribution in [3.05, 3.63) is 47.3 Å². The molecule has 0 bridgehead atoms. The Bertz CT molecular complexity index is 1090. The fraction of sp³-hybridized carbons (Fsp3) is 0.409. The maximum absolute atomic E-state index is 13.6. The molecule has 1 aliphatic heterocycles. The predicted octanol–water partition coefficient (Wildman–Crippen LogP) is 4.26. The Kier molecular flexibility index (Phi) is 6.01. The normalized spacial score (nSPS) is 16.7. The summed E-state index contributed by atoms with van der Waals surface area (Å²) in [6, 6.07) is 8.52. The van der Waals surface area contributed by atoms with Gasteiger partial charge in [0.2, 0.25) is 0 Å². The molecule has 1 atom stereocenters. The third kappa shape index (κ3) is 4.30. The van der Waals surface area contributed by atoms with Crippen molar-refractivity contribution in [3.63, 3.8) is 0 Å². The van der Waals surface area contributed by atoms with Crippen LogP contribution in [0.25, 0.3) is 11.1 Å². The van der Waals surface area contributed by atoms with Crippen LogP contribution >= 0.6 is 0 Å². The second-order valence-electron chi connectivity index (χ2n) is 7.50. The molecule has 0 N–H and O–H groups in total. The van der Waals surface area contributed by atoms with E-state index in [9.17, 15) is 13.6 Å². The zero-order valence-corrected chi connectivity index (χ0v) is 17.3. The molecule has 1 saturated heterocycles. The van der Waals surface area contributed by atoms with Crippen LogP contribution in [0.3, 0.4) is 0 Å². The summed E-state index contributed by atoms with van der Waals surface area (Å²) in [5, 5.41) is 4.03. The van der Waals surface area contributed by atoms with Gasteiger partial charge in [0.1, 0.15) is 0 Å². The van der Waals surface area contributed by atoms with Gasteiger partial charge >= 0.3 is 0 Å². The van der Waals surface area contributed by atoms with Crippen molar-refractivity contribution in [2.45, 2.75) is 32.1 Å². The first kappa shape index (κ1) is 21.0. The highest BCUT2D eigenvalue weighted by Gasteiger charge is 2.28. The molecule has 164 valence electrons. The number of carbonyl (C=O) groups is 1. The molecule has 0 saturated carbocycles. The lowest BCUT2D eigenvalue weighted by molar-refractivity contribution is -0.134. The van der Waals surface area contributed by atoms with Crippen LogP contribution in [0.15, 0.2) is 34.9 Å². The minimum atomic E-state index is -2.67. The molecule has 31 heavy (non-hydrogen) atoms. The number of para-hydroxylation sites is 2. The zero-order valence-electron chi connectivity index (χ0n) is 17.3. The van der Waals surface area contributed by atoms with Crippen molar-refractivity contribution in [3.8, 4) is 11.5 Å². The third-order valence-electron chi connectivity index (χ3n) is 5.52. The molecule has 7 nitrogen and oxygen atoms in total. The number of fused-ring (bicyclic) bond motifs is 1. The summed E-state index contributed by atoms with van der Waals surface area (Å²) < 4.78 is 43.3. The van der Waals surface area contributed by atoms with Gasteiger partial charge in [0.05, 0.1) is 18.2 Å². The smallest absolute Gasteiger partial charge is 0.264 e. The number of aromatic nitrogens is 2. The molecule has 4 rings (SSSR count). The first-order valence-corrected chi connectivity index (χ1v) is 10.1. The van der Waals surface area contributed by atoms with Gasteiger partial charge in [-0.1, -0.05) is 17.3 Å². The summed E-state index contributed by atoms with van der Waals surface area (Å²) in [5.41, 5.74) is 0.843. The van der Waals surface area contributed by atoms with Gasteiger partial charge in [0, 0.05) is 30.3 Å². The fourth-order valence-electron chi connectivity index (χ4n) is 3.94. The predicted molar refractivity (Wildman–Crippen MR) is 109 cm³/mol. The molecule has 0 spiro atoms. The van der Waals surface area contributed by atoms with Crippen molar-refractivity contribution in [1.29, 1.82) is 0 Å². The second kappa shape index (κ2) is 8.87. The van der Waals surface area contributed by atoms with E-state index >= 15 is 0 Å². The Hall–Kier alpha value is -3.23. The zero-order chi connectivity index (χ0) is 22.0. The number of nitrogens with zero attached hydrogens (tertiary/aromatic N) is 3. The average Bonchev–Trinajstić information content (AvgIpc) is 3.17. The summed E-state index contributed by atoms with van der Waals surface area (Å²) in [5.74, 6) is 0.685. The number of piperidine rings is 1. The van der Waals surface area contributed by atoms with Crippen LogP contribution in [0.4, 0.5) is 8.78 Å². The Morgan fingerprint density at radius 2 is 2.10 bits per heavy atom. The number of amides is 1. The third-order valence-corrected chi connectivity index (χ3v) is 5.52. The number of ether oxygens (including phenoxy) is 2. The number of hydrogen-bond donors (Lipinski definition) is 0. The maximum atomic E-state index is 13.6. The minimum absolute atomic E-state index is 0.105. The standard InChI is InChI=1S/C22H23F2N3O4/c1-13-20-15(21(23)24)10-16(25-22(20)31-26-13)14-6-5-9-27(11-14)19(28)12-30-18-8-4-3-7-17(18)29-2/h3-4,7-8,10,14,21H,5-6,9,11-12H2,1-2H3/t14-/m0/s1. The molecular weight excluding hydrogens is 408 g/mol. The summed E-state index contributed by atoms with van der Waals surface area (Å²) in [4.78, 5) is 18.8. The van der Waals surface area contributed by atoms with E-state index in [0.717, 1.165) is 12.8 Å². The molecular formula is C22H23F2N3O4. The van der Waals surface area contributed by atoms with Gasteiger partial charge in [-0.2, -0.15) is 0 Å². The highest BCUT2D eigenvalue weighted by Crippen LogP contribution is 2.34. The number of aryl methyl sites for hydroxylation is 1. The van der Waals surface area contributed by atoms with E-state index in [-0.39, 0.29) is 35.1 Å². The molecule has 0 aliphatic carbocycles. The first-order chi connectivity index (χ1) is 15.0. The van der Waals surface area contributed by atoms with Crippen molar-refractivity contribution in [1.82, 2.24) is 15.0 Å². The van der Waals surface area contributed by atoms with Gasteiger partial charge in [-0.15, -0.1) is 0 Å². The monoisotopic (exact) mass is 431 g/mol. The number of likely N-dealkylation sites (tertiary alicyclic amines) is 1. The molecule has 1 aliphatic rings. The maximum Gasteiger partial charge on any atom is 0.264 e. The van der Waals surface area contributed by atoms with Crippen LogP contribution in [0.1, 0.15) is 42.1 Å². The Balaban J connectivity index is 1.49. The molecule has 1 amide bonds. The van der Waals surface area contributed by atoms with Gasteiger partial charge in [-0.3, -0.25) is 4.79 Å². The van der Waals surface area contributed by atoms with E-state index in [1.165, 1.54) is 13.2 Å². The van der Waals surface area contributed by atoms with Crippen LogP contribution < -0.4 is 9.47 Å². The van der Waals surface area contributed by atoms with E-state index in [0.29, 0.717) is 36.0 Å². The number of alkyl halides is 2. The summed E-state index contributed by atoms with van der Waals surface area (Å²) in [6.07, 6.45) is -1.19. The number of methoxy groups -OCH3 is 1. The van der Waals surface area contributed by atoms with E-state index in [1.54, 1.807) is 30.0 Å². The van der Waals surface area contributed by atoms with Crippen LogP contribution in [0.2, 0.25) is 0 Å². The number of benzene rings is 1. The van der Waals surface area contributed by atoms with Crippen molar-refractivity contribution in [2.24, 2.45) is 0 Å². The Morgan fingerprint density at radius 3 is 2.84 bits per heavy atom. The van der Waals surface area contributed by atoms with Crippen LogP contribution in [0.5, 0.6) is 11.5 Å². The summed E-state index contributed by atoms with van der Waals surface area (Å²) >= 11 is 0. The fourth-order valence-corrected chi connectivity index (χ4v) is 3.94. The van der Waals surface area contributed by atoms with Gasteiger partial charge < -0.3 is 18.9 Å². The quantitative estimate of drug-likeness (QED) is 0.580. The summed E-state index contributed by atoms with van der Waals surface area (Å²) in [6.45, 7) is 2.43.